The third-order valence-corrected chi connectivity index (χ3v) is 5.90. The number of methoxy groups -OCH3 is 1. The van der Waals surface area contributed by atoms with Crippen LogP contribution in [0.1, 0.15) is 81.4 Å². The topological polar surface area (TPSA) is 169 Å². The highest BCUT2D eigenvalue weighted by Gasteiger charge is 2.33. The molecule has 2 aromatic carbocycles. The summed E-state index contributed by atoms with van der Waals surface area (Å²) in [5.41, 5.74) is 4.47. The van der Waals surface area contributed by atoms with Gasteiger partial charge in [-0.2, -0.15) is 5.26 Å². The van der Waals surface area contributed by atoms with Crippen molar-refractivity contribution in [1.82, 2.24) is 0 Å². The number of carboxylic acid groups (broad SMARTS) is 2. The summed E-state index contributed by atoms with van der Waals surface area (Å²) in [5.74, 6) is -1.97. The van der Waals surface area contributed by atoms with E-state index in [-0.39, 0.29) is 42.7 Å². The highest BCUT2D eigenvalue weighted by Crippen LogP contribution is 2.37. The van der Waals surface area contributed by atoms with Crippen molar-refractivity contribution >= 4 is 47.9 Å². The van der Waals surface area contributed by atoms with Crippen molar-refractivity contribution < 1.29 is 48.3 Å². The van der Waals surface area contributed by atoms with Gasteiger partial charge in [-0.3, -0.25) is 19.2 Å². The summed E-state index contributed by atoms with van der Waals surface area (Å²) in [6, 6.07) is 14.4. The van der Waals surface area contributed by atoms with Crippen LogP contribution >= 0.6 is 24.0 Å². The van der Waals surface area contributed by atoms with Gasteiger partial charge in [-0.15, -0.1) is 24.0 Å². The van der Waals surface area contributed by atoms with E-state index in [1.807, 2.05) is 6.07 Å². The van der Waals surface area contributed by atoms with Gasteiger partial charge in [0.15, 0.2) is 0 Å². The van der Waals surface area contributed by atoms with Crippen molar-refractivity contribution in [1.29, 1.82) is 5.26 Å². The second-order valence-electron chi connectivity index (χ2n) is 9.51. The molecule has 236 valence electrons. The molecule has 0 unspecified atom stereocenters. The molecular weight excluding hydrogens is 673 g/mol. The highest BCUT2D eigenvalue weighted by atomic mass is 127. The third-order valence-electron chi connectivity index (χ3n) is 5.90. The summed E-state index contributed by atoms with van der Waals surface area (Å²) in [5, 5.41) is 24.7. The van der Waals surface area contributed by atoms with Crippen molar-refractivity contribution in [3.05, 3.63) is 64.2 Å². The first-order valence-corrected chi connectivity index (χ1v) is 13.3. The van der Waals surface area contributed by atoms with E-state index in [0.29, 0.717) is 30.6 Å². The van der Waals surface area contributed by atoms with E-state index >= 15 is 0 Å². The molecule has 0 aromatic heterocycles. The normalized spacial score (nSPS) is 16.7. The number of benzene rings is 2. The Kier molecular flexibility index (Phi) is 18.5. The lowest BCUT2D eigenvalue weighted by Gasteiger charge is -2.35. The monoisotopic (exact) mass is 713 g/mol. The lowest BCUT2D eigenvalue weighted by atomic mass is 9.91. The van der Waals surface area contributed by atoms with Crippen molar-refractivity contribution in [3.63, 3.8) is 0 Å². The minimum atomic E-state index is -0.833. The number of carbonyl (C=O) groups excluding carboxylic acids is 2. The van der Waals surface area contributed by atoms with Gasteiger partial charge in [-0.05, 0) is 41.2 Å². The van der Waals surface area contributed by atoms with Crippen molar-refractivity contribution in [2.45, 2.75) is 78.6 Å². The summed E-state index contributed by atoms with van der Waals surface area (Å²) in [6.45, 7) is 7.07. The molecular formula is C31H40INO10. The predicted octanol–water partition coefficient (Wildman–Crippen LogP) is 5.23. The van der Waals surface area contributed by atoms with Gasteiger partial charge in [0.05, 0.1) is 24.9 Å². The van der Waals surface area contributed by atoms with E-state index in [2.05, 4.69) is 37.3 Å². The van der Waals surface area contributed by atoms with Crippen LogP contribution in [0.3, 0.4) is 0 Å². The van der Waals surface area contributed by atoms with Crippen LogP contribution in [0.4, 0.5) is 0 Å². The van der Waals surface area contributed by atoms with E-state index in [9.17, 15) is 14.9 Å². The fourth-order valence-corrected chi connectivity index (χ4v) is 4.26. The molecule has 0 aliphatic carbocycles. The average molecular weight is 714 g/mol. The number of hydrogen-bond donors (Lipinski definition) is 2. The fourth-order valence-electron chi connectivity index (χ4n) is 4.26. The molecule has 3 atom stereocenters. The zero-order valence-electron chi connectivity index (χ0n) is 25.2. The molecule has 43 heavy (non-hydrogen) atoms. The van der Waals surface area contributed by atoms with E-state index in [4.69, 9.17) is 38.7 Å². The van der Waals surface area contributed by atoms with Crippen LogP contribution in [0.15, 0.2) is 36.4 Å². The number of carboxylic acids is 2. The van der Waals surface area contributed by atoms with E-state index in [1.165, 1.54) is 26.5 Å². The van der Waals surface area contributed by atoms with Crippen molar-refractivity contribution in [3.8, 4) is 11.8 Å². The van der Waals surface area contributed by atoms with Crippen molar-refractivity contribution in [2.24, 2.45) is 0 Å². The molecule has 1 fully saturated rings. The summed E-state index contributed by atoms with van der Waals surface area (Å²) < 4.78 is 22.4. The van der Waals surface area contributed by atoms with Gasteiger partial charge in [0.2, 0.25) is 0 Å². The number of nitriles is 1. The zero-order chi connectivity index (χ0) is 31.8. The number of carbonyl (C=O) groups is 4. The van der Waals surface area contributed by atoms with Crippen LogP contribution in [0.5, 0.6) is 5.75 Å². The first-order valence-electron chi connectivity index (χ1n) is 13.3. The molecule has 12 heteroatoms. The molecule has 0 saturated carbocycles. The van der Waals surface area contributed by atoms with Gasteiger partial charge < -0.3 is 29.2 Å². The molecule has 1 aliphatic rings. The Hall–Kier alpha value is -3.70. The van der Waals surface area contributed by atoms with Gasteiger partial charge in [0, 0.05) is 40.5 Å². The summed E-state index contributed by atoms with van der Waals surface area (Å²) in [6.07, 6.45) is 1.21. The van der Waals surface area contributed by atoms with E-state index < -0.39 is 30.1 Å². The molecule has 1 saturated heterocycles. The molecule has 0 spiro atoms. The van der Waals surface area contributed by atoms with Gasteiger partial charge in [0.1, 0.15) is 24.5 Å². The minimum absolute atomic E-state index is 0. The first-order chi connectivity index (χ1) is 19.8. The Morgan fingerprint density at radius 2 is 1.51 bits per heavy atom. The Labute approximate surface area is 269 Å². The molecule has 3 rings (SSSR count). The predicted molar refractivity (Wildman–Crippen MR) is 167 cm³/mol. The molecule has 2 N–H and O–H groups in total. The number of aliphatic carboxylic acids is 2. The fraction of sp³-hybridized carbons (Fsp3) is 0.452. The lowest BCUT2D eigenvalue weighted by molar-refractivity contribution is -0.169. The summed E-state index contributed by atoms with van der Waals surface area (Å²) >= 11 is 0. The Bertz CT molecular complexity index is 1240. The number of halogens is 1. The maximum atomic E-state index is 11.6. The highest BCUT2D eigenvalue weighted by molar-refractivity contribution is 14.0. The zero-order valence-corrected chi connectivity index (χ0v) is 27.6. The molecule has 11 nitrogen and oxygen atoms in total. The number of ether oxygens (including phenoxy) is 4. The summed E-state index contributed by atoms with van der Waals surface area (Å²) in [4.78, 5) is 40.9. The molecule has 1 aliphatic heterocycles. The van der Waals surface area contributed by atoms with E-state index in [0.717, 1.165) is 37.0 Å². The maximum absolute atomic E-state index is 11.6. The van der Waals surface area contributed by atoms with Gasteiger partial charge >= 0.3 is 11.9 Å². The molecule has 1 heterocycles. The largest absolute Gasteiger partial charge is 0.495 e. The number of rotatable bonds is 8. The van der Waals surface area contributed by atoms with Crippen LogP contribution in [0, 0.1) is 11.3 Å². The lowest BCUT2D eigenvalue weighted by Crippen LogP contribution is -2.36. The standard InChI is InChI=1S/C27H31NO6.2C2H4O2.HI/c1-5-19-6-8-20(9-7-19)10-21-11-22(12-27(31-4)25(21)15-28)26-14-23(33-18(3)30)13-24(34-26)16-32-17(2)29;2*1-2(3)4;/h6-9,11-12,23-24,26H,5,10,13-14,16H2,1-4H3;2*1H3,(H,3,4);1H/t23-,24-,26+;;;/m0.../s1. The number of esters is 2. The number of aryl methyl sites for hydroxylation is 1. The number of nitrogens with zero attached hydrogens (tertiary/aromatic N) is 1. The molecule has 0 amide bonds. The average Bonchev–Trinajstić information content (AvgIpc) is 2.90. The smallest absolute Gasteiger partial charge is 0.302 e. The molecule has 0 radical (unpaired) electrons. The van der Waals surface area contributed by atoms with E-state index in [1.54, 1.807) is 6.07 Å². The van der Waals surface area contributed by atoms with Crippen LogP contribution in [0.2, 0.25) is 0 Å². The van der Waals surface area contributed by atoms with Crippen LogP contribution < -0.4 is 4.74 Å². The molecule has 2 aromatic rings. The van der Waals surface area contributed by atoms with Gasteiger partial charge in [-0.1, -0.05) is 37.3 Å². The second-order valence-corrected chi connectivity index (χ2v) is 9.51. The second kappa shape index (κ2) is 20.2. The number of hydrogen-bond acceptors (Lipinski definition) is 9. The molecule has 0 bridgehead atoms. The van der Waals surface area contributed by atoms with Crippen LogP contribution in [-0.4, -0.2) is 60.0 Å². The third kappa shape index (κ3) is 15.4. The van der Waals surface area contributed by atoms with Gasteiger partial charge in [0.25, 0.3) is 11.9 Å². The van der Waals surface area contributed by atoms with Crippen LogP contribution in [-0.2, 0) is 46.2 Å². The SMILES string of the molecule is CC(=O)O.CC(=O)O.CCc1ccc(Cc2cc([C@H]3C[C@@H](OC(C)=O)C[C@@H](COC(C)=O)O3)cc(OC)c2C#N)cc1.I. The maximum Gasteiger partial charge on any atom is 0.302 e. The quantitative estimate of drug-likeness (QED) is 0.271. The Morgan fingerprint density at radius 1 is 0.953 bits per heavy atom. The first kappa shape index (κ1) is 39.3. The Balaban J connectivity index is 0.00000174. The Morgan fingerprint density at radius 3 is 1.98 bits per heavy atom. The van der Waals surface area contributed by atoms with Crippen molar-refractivity contribution in [2.75, 3.05) is 13.7 Å². The van der Waals surface area contributed by atoms with Gasteiger partial charge in [-0.25, -0.2) is 0 Å². The summed E-state index contributed by atoms with van der Waals surface area (Å²) in [7, 11) is 1.53. The van der Waals surface area contributed by atoms with Crippen LogP contribution in [0.25, 0.3) is 0 Å². The minimum Gasteiger partial charge on any atom is -0.495 e.